The number of halogens is 1. The van der Waals surface area contributed by atoms with E-state index in [0.717, 1.165) is 0 Å². The molecule has 230 valence electrons. The molecular weight excluding hydrogens is 559 g/mol. The molecule has 43 heavy (non-hydrogen) atoms. The number of methoxy groups -OCH3 is 1. The van der Waals surface area contributed by atoms with Crippen LogP contribution < -0.4 is 19.9 Å². The number of pyridine rings is 1. The lowest BCUT2D eigenvalue weighted by atomic mass is 9.91. The van der Waals surface area contributed by atoms with Crippen molar-refractivity contribution >= 4 is 40.5 Å². The van der Waals surface area contributed by atoms with Gasteiger partial charge in [-0.3, -0.25) is 10.1 Å². The molecule has 0 fully saturated rings. The number of nitrogens with zero attached hydrogens (tertiary/aromatic N) is 7. The van der Waals surface area contributed by atoms with Crippen molar-refractivity contribution in [2.24, 2.45) is 0 Å². The number of fused-ring (bicyclic) bond motifs is 1. The maximum Gasteiger partial charge on any atom is 0.343 e. The highest BCUT2D eigenvalue weighted by molar-refractivity contribution is 5.96. The van der Waals surface area contributed by atoms with E-state index in [1.165, 1.54) is 25.4 Å². The second-order valence-corrected chi connectivity index (χ2v) is 11.5. The molecule has 2 aromatic heterocycles. The Morgan fingerprint density at radius 2 is 1.93 bits per heavy atom. The van der Waals surface area contributed by atoms with Crippen molar-refractivity contribution in [1.29, 1.82) is 0 Å². The first kappa shape index (κ1) is 31.3. The van der Waals surface area contributed by atoms with E-state index in [4.69, 9.17) is 9.47 Å². The number of ether oxygens (including phenoxy) is 2. The van der Waals surface area contributed by atoms with Gasteiger partial charge >= 0.3 is 5.97 Å². The van der Waals surface area contributed by atoms with Crippen molar-refractivity contribution in [3.8, 4) is 5.75 Å². The van der Waals surface area contributed by atoms with Gasteiger partial charge in [-0.1, -0.05) is 13.8 Å². The number of nitrogens with one attached hydrogen (secondary N) is 1. The Balaban J connectivity index is 1.79. The summed E-state index contributed by atoms with van der Waals surface area (Å²) in [5.74, 6) is -0.632. The lowest BCUT2D eigenvalue weighted by molar-refractivity contribution is -0.384. The van der Waals surface area contributed by atoms with Crippen LogP contribution >= 0.6 is 0 Å². The van der Waals surface area contributed by atoms with Gasteiger partial charge in [0.2, 0.25) is 11.9 Å². The molecule has 1 aliphatic rings. The largest absolute Gasteiger partial charge is 0.494 e. The Labute approximate surface area is 249 Å². The fourth-order valence-corrected chi connectivity index (χ4v) is 4.82. The van der Waals surface area contributed by atoms with Gasteiger partial charge in [-0.25, -0.2) is 14.8 Å². The standard InChI is InChI=1S/C29H37FN8O5/c1-17(2)43-27(39)18-15-31-28(34-26(18)37-16-29(3,4)25-20(37)9-10-24(30)33-25)32-19-13-22(38(40)41)21(14-23(19)42-8)36(7)12-11-35(5)6/h9-10,13-15,17H,11-12,16H2,1-8H3,(H,31,32,34). The Hall–Kier alpha value is -4.59. The number of benzene rings is 1. The molecular formula is C29H37FN8O5. The Morgan fingerprint density at radius 3 is 2.56 bits per heavy atom. The molecule has 0 atom stereocenters. The number of carbonyl (C=O) groups is 1. The maximum atomic E-state index is 14.1. The number of aromatic nitrogens is 3. The number of esters is 1. The van der Waals surface area contributed by atoms with Crippen molar-refractivity contribution < 1.29 is 23.6 Å². The highest BCUT2D eigenvalue weighted by Crippen LogP contribution is 2.44. The second-order valence-electron chi connectivity index (χ2n) is 11.5. The number of anilines is 5. The van der Waals surface area contributed by atoms with Crippen LogP contribution in [0.25, 0.3) is 0 Å². The summed E-state index contributed by atoms with van der Waals surface area (Å²) in [5, 5.41) is 15.1. The van der Waals surface area contributed by atoms with E-state index < -0.39 is 28.4 Å². The first-order chi connectivity index (χ1) is 20.2. The smallest absolute Gasteiger partial charge is 0.343 e. The molecule has 0 radical (unpaired) electrons. The first-order valence-electron chi connectivity index (χ1n) is 13.7. The van der Waals surface area contributed by atoms with Gasteiger partial charge < -0.3 is 29.5 Å². The summed E-state index contributed by atoms with van der Waals surface area (Å²) in [6.07, 6.45) is 0.942. The molecule has 1 aromatic carbocycles. The quantitative estimate of drug-likeness (QED) is 0.142. The Kier molecular flexibility index (Phi) is 8.99. The van der Waals surface area contributed by atoms with Crippen molar-refractivity contribution in [2.75, 3.05) is 63.0 Å². The topological polar surface area (TPSA) is 139 Å². The third-order valence-electron chi connectivity index (χ3n) is 6.95. The lowest BCUT2D eigenvalue weighted by Crippen LogP contribution is -2.29. The molecule has 0 amide bonds. The minimum atomic E-state index is -0.629. The molecule has 4 rings (SSSR count). The minimum absolute atomic E-state index is 0.0544. The summed E-state index contributed by atoms with van der Waals surface area (Å²) in [4.78, 5) is 43.4. The number of nitro groups is 1. The van der Waals surface area contributed by atoms with Gasteiger partial charge in [0.1, 0.15) is 17.0 Å². The molecule has 0 bridgehead atoms. The van der Waals surface area contributed by atoms with E-state index in [2.05, 4.69) is 20.3 Å². The second kappa shape index (κ2) is 12.3. The summed E-state index contributed by atoms with van der Waals surface area (Å²) in [6, 6.07) is 5.80. The van der Waals surface area contributed by atoms with Crippen LogP contribution in [0.5, 0.6) is 5.75 Å². The molecule has 0 spiro atoms. The van der Waals surface area contributed by atoms with Gasteiger partial charge in [-0.05, 0) is 40.1 Å². The molecule has 0 unspecified atom stereocenters. The zero-order chi connectivity index (χ0) is 31.6. The van der Waals surface area contributed by atoms with Gasteiger partial charge in [-0.2, -0.15) is 9.37 Å². The maximum absolute atomic E-state index is 14.1. The molecule has 0 saturated carbocycles. The van der Waals surface area contributed by atoms with E-state index >= 15 is 0 Å². The average Bonchev–Trinajstić information content (AvgIpc) is 3.20. The van der Waals surface area contributed by atoms with Crippen LogP contribution in [0.2, 0.25) is 0 Å². The Morgan fingerprint density at radius 1 is 1.21 bits per heavy atom. The van der Waals surface area contributed by atoms with E-state index in [9.17, 15) is 19.3 Å². The highest BCUT2D eigenvalue weighted by Gasteiger charge is 2.40. The Bertz CT molecular complexity index is 1530. The highest BCUT2D eigenvalue weighted by atomic mass is 19.1. The van der Waals surface area contributed by atoms with E-state index in [-0.39, 0.29) is 28.7 Å². The zero-order valence-corrected chi connectivity index (χ0v) is 25.6. The molecule has 1 aliphatic heterocycles. The lowest BCUT2D eigenvalue weighted by Gasteiger charge is -2.24. The predicted octanol–water partition coefficient (Wildman–Crippen LogP) is 4.66. The third-order valence-corrected chi connectivity index (χ3v) is 6.95. The number of hydrogen-bond donors (Lipinski definition) is 1. The van der Waals surface area contributed by atoms with Gasteiger partial charge in [0.15, 0.2) is 5.82 Å². The van der Waals surface area contributed by atoms with Crippen molar-refractivity contribution in [3.05, 3.63) is 57.8 Å². The van der Waals surface area contributed by atoms with E-state index in [0.29, 0.717) is 42.5 Å². The average molecular weight is 597 g/mol. The van der Waals surface area contributed by atoms with Gasteiger partial charge in [-0.15, -0.1) is 0 Å². The number of hydrogen-bond acceptors (Lipinski definition) is 12. The van der Waals surface area contributed by atoms with Crippen molar-refractivity contribution in [2.45, 2.75) is 39.2 Å². The molecule has 0 aliphatic carbocycles. The van der Waals surface area contributed by atoms with Crippen LogP contribution in [-0.2, 0) is 10.2 Å². The molecule has 3 aromatic rings. The zero-order valence-electron chi connectivity index (χ0n) is 25.6. The molecule has 0 saturated heterocycles. The summed E-state index contributed by atoms with van der Waals surface area (Å²) >= 11 is 0. The normalized spacial score (nSPS) is 13.7. The van der Waals surface area contributed by atoms with Gasteiger partial charge in [0.05, 0.1) is 35.2 Å². The van der Waals surface area contributed by atoms with Crippen molar-refractivity contribution in [1.82, 2.24) is 19.9 Å². The predicted molar refractivity (Wildman–Crippen MR) is 162 cm³/mol. The van der Waals surface area contributed by atoms with Crippen LogP contribution in [0.1, 0.15) is 43.7 Å². The summed E-state index contributed by atoms with van der Waals surface area (Å²) in [5.41, 5.74) is 1.16. The summed E-state index contributed by atoms with van der Waals surface area (Å²) in [6.45, 7) is 8.90. The van der Waals surface area contributed by atoms with Crippen LogP contribution in [0.3, 0.4) is 0 Å². The SMILES string of the molecule is COc1cc(N(C)CCN(C)C)c([N+](=O)[O-])cc1Nc1ncc(C(=O)OC(C)C)c(N2CC(C)(C)c3nc(F)ccc32)n1. The van der Waals surface area contributed by atoms with Gasteiger partial charge in [0, 0.05) is 50.4 Å². The number of rotatable bonds is 11. The van der Waals surface area contributed by atoms with Crippen LogP contribution in [0.4, 0.5) is 38.9 Å². The van der Waals surface area contributed by atoms with Crippen molar-refractivity contribution in [3.63, 3.8) is 0 Å². The first-order valence-corrected chi connectivity index (χ1v) is 13.7. The van der Waals surface area contributed by atoms with E-state index in [1.807, 2.05) is 32.8 Å². The number of nitro benzene ring substituents is 1. The summed E-state index contributed by atoms with van der Waals surface area (Å²) in [7, 11) is 7.09. The fraction of sp³-hybridized carbons (Fsp3) is 0.448. The monoisotopic (exact) mass is 596 g/mol. The third kappa shape index (κ3) is 6.74. The minimum Gasteiger partial charge on any atom is -0.494 e. The van der Waals surface area contributed by atoms with Crippen LogP contribution in [0, 0.1) is 16.1 Å². The van der Waals surface area contributed by atoms with Crippen LogP contribution in [-0.4, -0.2) is 84.7 Å². The molecule has 1 N–H and O–H groups in total. The molecule has 13 nitrogen and oxygen atoms in total. The van der Waals surface area contributed by atoms with Gasteiger partial charge in [0.25, 0.3) is 5.69 Å². The molecule has 14 heteroatoms. The summed E-state index contributed by atoms with van der Waals surface area (Å²) < 4.78 is 25.1. The van der Waals surface area contributed by atoms with E-state index in [1.54, 1.807) is 42.8 Å². The molecule has 3 heterocycles. The number of likely N-dealkylation sites (N-methyl/N-ethyl adjacent to an activating group) is 2. The fourth-order valence-electron chi connectivity index (χ4n) is 4.82. The number of carbonyl (C=O) groups excluding carboxylic acids is 1. The van der Waals surface area contributed by atoms with Crippen LogP contribution in [0.15, 0.2) is 30.5 Å².